The van der Waals surface area contributed by atoms with Crippen LogP contribution >= 0.6 is 0 Å². The quantitative estimate of drug-likeness (QED) is 0.848. The van der Waals surface area contributed by atoms with Gasteiger partial charge in [-0.3, -0.25) is 4.98 Å². The molecule has 2 nitrogen and oxygen atoms in total. The van der Waals surface area contributed by atoms with Crippen molar-refractivity contribution < 1.29 is 5.11 Å². The van der Waals surface area contributed by atoms with Gasteiger partial charge in [-0.1, -0.05) is 25.8 Å². The van der Waals surface area contributed by atoms with Crippen molar-refractivity contribution in [1.29, 1.82) is 0 Å². The summed E-state index contributed by atoms with van der Waals surface area (Å²) in [6.07, 6.45) is 9.12. The van der Waals surface area contributed by atoms with Gasteiger partial charge in [0.15, 0.2) is 0 Å². The maximum atomic E-state index is 10.2. The summed E-state index contributed by atoms with van der Waals surface area (Å²) < 4.78 is 0. The number of hydrogen-bond donors (Lipinski definition) is 1. The normalized spacial score (nSPS) is 27.6. The van der Waals surface area contributed by atoms with Gasteiger partial charge in [-0.05, 0) is 36.3 Å². The van der Waals surface area contributed by atoms with Gasteiger partial charge in [0.25, 0.3) is 0 Å². The van der Waals surface area contributed by atoms with Crippen molar-refractivity contribution in [3.05, 3.63) is 30.1 Å². The highest BCUT2D eigenvalue weighted by molar-refractivity contribution is 5.09. The molecule has 0 radical (unpaired) electrons. The van der Waals surface area contributed by atoms with Crippen LogP contribution in [-0.2, 0) is 6.42 Å². The lowest BCUT2D eigenvalue weighted by Crippen LogP contribution is -2.26. The number of pyridine rings is 1. The first kappa shape index (κ1) is 11.6. The molecule has 1 atom stereocenters. The summed E-state index contributed by atoms with van der Waals surface area (Å²) in [7, 11) is 0. The molecule has 1 aromatic rings. The fraction of sp³-hybridized carbons (Fsp3) is 0.643. The second kappa shape index (κ2) is 5.44. The number of aromatic nitrogens is 1. The topological polar surface area (TPSA) is 33.1 Å². The standard InChI is InChI=1S/C14H21NO/c1-11-4-6-13(7-5-11)14(16)9-12-3-2-8-15-10-12/h2-3,8,10-11,13-14,16H,4-7,9H2,1H3. The van der Waals surface area contributed by atoms with Gasteiger partial charge in [-0.15, -0.1) is 0 Å². The monoisotopic (exact) mass is 219 g/mol. The minimum atomic E-state index is -0.184. The molecule has 0 bridgehead atoms. The minimum Gasteiger partial charge on any atom is -0.392 e. The van der Waals surface area contributed by atoms with E-state index in [1.54, 1.807) is 6.20 Å². The summed E-state index contributed by atoms with van der Waals surface area (Å²) in [6, 6.07) is 3.98. The van der Waals surface area contributed by atoms with Crippen molar-refractivity contribution in [3.63, 3.8) is 0 Å². The summed E-state index contributed by atoms with van der Waals surface area (Å²) in [5.41, 5.74) is 1.15. The number of aliphatic hydroxyl groups is 1. The number of aliphatic hydroxyl groups excluding tert-OH is 1. The summed E-state index contributed by atoms with van der Waals surface area (Å²) in [5, 5.41) is 10.2. The van der Waals surface area contributed by atoms with Gasteiger partial charge in [0, 0.05) is 18.8 Å². The molecule has 1 N–H and O–H groups in total. The average molecular weight is 219 g/mol. The Bertz CT molecular complexity index is 304. The molecule has 0 spiro atoms. The largest absolute Gasteiger partial charge is 0.392 e. The smallest absolute Gasteiger partial charge is 0.0609 e. The third-order valence-corrected chi connectivity index (χ3v) is 3.77. The molecule has 1 unspecified atom stereocenters. The van der Waals surface area contributed by atoms with E-state index in [-0.39, 0.29) is 6.10 Å². The van der Waals surface area contributed by atoms with Crippen molar-refractivity contribution in [2.24, 2.45) is 11.8 Å². The van der Waals surface area contributed by atoms with E-state index in [4.69, 9.17) is 0 Å². The molecule has 1 aliphatic carbocycles. The van der Waals surface area contributed by atoms with E-state index in [1.807, 2.05) is 18.3 Å². The van der Waals surface area contributed by atoms with Crippen LogP contribution in [0.3, 0.4) is 0 Å². The van der Waals surface area contributed by atoms with Gasteiger partial charge in [0.2, 0.25) is 0 Å². The van der Waals surface area contributed by atoms with E-state index in [0.29, 0.717) is 5.92 Å². The van der Waals surface area contributed by atoms with Crippen LogP contribution in [0.2, 0.25) is 0 Å². The lowest BCUT2D eigenvalue weighted by Gasteiger charge is -2.29. The van der Waals surface area contributed by atoms with E-state index in [9.17, 15) is 5.11 Å². The summed E-state index contributed by atoms with van der Waals surface area (Å²) >= 11 is 0. The Kier molecular flexibility index (Phi) is 3.94. The Morgan fingerprint density at radius 3 is 2.75 bits per heavy atom. The molecule has 0 saturated heterocycles. The van der Waals surface area contributed by atoms with Crippen LogP contribution in [0.15, 0.2) is 24.5 Å². The van der Waals surface area contributed by atoms with E-state index < -0.39 is 0 Å². The molecule has 0 aliphatic heterocycles. The summed E-state index contributed by atoms with van der Waals surface area (Å²) in [4.78, 5) is 4.08. The van der Waals surface area contributed by atoms with Crippen LogP contribution in [0.4, 0.5) is 0 Å². The van der Waals surface area contributed by atoms with Crippen LogP contribution in [-0.4, -0.2) is 16.2 Å². The van der Waals surface area contributed by atoms with E-state index in [1.165, 1.54) is 25.7 Å². The second-order valence-electron chi connectivity index (χ2n) is 5.15. The molecule has 1 fully saturated rings. The molecule has 2 heteroatoms. The summed E-state index contributed by atoms with van der Waals surface area (Å²) in [6.45, 7) is 2.31. The summed E-state index contributed by atoms with van der Waals surface area (Å²) in [5.74, 6) is 1.35. The molecular formula is C14H21NO. The Balaban J connectivity index is 1.86. The fourth-order valence-electron chi connectivity index (χ4n) is 2.60. The van der Waals surface area contributed by atoms with Gasteiger partial charge in [0.1, 0.15) is 0 Å². The molecule has 0 amide bonds. The molecule has 1 saturated carbocycles. The molecule has 88 valence electrons. The molecular weight excluding hydrogens is 198 g/mol. The highest BCUT2D eigenvalue weighted by Crippen LogP contribution is 2.31. The lowest BCUT2D eigenvalue weighted by molar-refractivity contribution is 0.0760. The van der Waals surface area contributed by atoms with Gasteiger partial charge in [-0.25, -0.2) is 0 Å². The van der Waals surface area contributed by atoms with Crippen LogP contribution in [0.25, 0.3) is 0 Å². The molecule has 16 heavy (non-hydrogen) atoms. The average Bonchev–Trinajstić information content (AvgIpc) is 2.31. The first-order valence-corrected chi connectivity index (χ1v) is 6.32. The highest BCUT2D eigenvalue weighted by Gasteiger charge is 2.24. The van der Waals surface area contributed by atoms with Crippen LogP contribution in [0.5, 0.6) is 0 Å². The maximum absolute atomic E-state index is 10.2. The van der Waals surface area contributed by atoms with Crippen molar-refractivity contribution in [3.8, 4) is 0 Å². The van der Waals surface area contributed by atoms with Crippen molar-refractivity contribution >= 4 is 0 Å². The minimum absolute atomic E-state index is 0.184. The third-order valence-electron chi connectivity index (χ3n) is 3.77. The Hall–Kier alpha value is -0.890. The van der Waals surface area contributed by atoms with Crippen molar-refractivity contribution in [2.45, 2.75) is 45.1 Å². The van der Waals surface area contributed by atoms with Crippen molar-refractivity contribution in [2.75, 3.05) is 0 Å². The van der Waals surface area contributed by atoms with Crippen molar-refractivity contribution in [1.82, 2.24) is 4.98 Å². The van der Waals surface area contributed by atoms with E-state index >= 15 is 0 Å². The van der Waals surface area contributed by atoms with E-state index in [0.717, 1.165) is 17.9 Å². The predicted octanol–water partition coefficient (Wildman–Crippen LogP) is 2.81. The zero-order valence-electron chi connectivity index (χ0n) is 9.97. The second-order valence-corrected chi connectivity index (χ2v) is 5.15. The van der Waals surface area contributed by atoms with Crippen LogP contribution in [0.1, 0.15) is 38.2 Å². The zero-order chi connectivity index (χ0) is 11.4. The SMILES string of the molecule is CC1CCC(C(O)Cc2cccnc2)CC1. The van der Waals surface area contributed by atoms with Gasteiger partial charge in [0.05, 0.1) is 6.10 Å². The number of rotatable bonds is 3. The first-order valence-electron chi connectivity index (χ1n) is 6.32. The predicted molar refractivity (Wildman–Crippen MR) is 65.1 cm³/mol. The molecule has 1 heterocycles. The Morgan fingerprint density at radius 1 is 1.38 bits per heavy atom. The maximum Gasteiger partial charge on any atom is 0.0609 e. The zero-order valence-corrected chi connectivity index (χ0v) is 9.97. The van der Waals surface area contributed by atoms with Gasteiger partial charge < -0.3 is 5.11 Å². The highest BCUT2D eigenvalue weighted by atomic mass is 16.3. The third kappa shape index (κ3) is 3.05. The molecule has 1 aliphatic rings. The van der Waals surface area contributed by atoms with Crippen LogP contribution < -0.4 is 0 Å². The Morgan fingerprint density at radius 2 is 2.12 bits per heavy atom. The van der Waals surface area contributed by atoms with Gasteiger partial charge >= 0.3 is 0 Å². The van der Waals surface area contributed by atoms with E-state index in [2.05, 4.69) is 11.9 Å². The fourth-order valence-corrected chi connectivity index (χ4v) is 2.60. The lowest BCUT2D eigenvalue weighted by atomic mass is 9.79. The number of hydrogen-bond acceptors (Lipinski definition) is 2. The first-order chi connectivity index (χ1) is 7.75. The number of nitrogens with zero attached hydrogens (tertiary/aromatic N) is 1. The van der Waals surface area contributed by atoms with Gasteiger partial charge in [-0.2, -0.15) is 0 Å². The van der Waals surface area contributed by atoms with Crippen LogP contribution in [0, 0.1) is 11.8 Å². The Labute approximate surface area is 97.7 Å². The molecule has 2 rings (SSSR count). The molecule has 0 aromatic carbocycles. The molecule has 1 aromatic heterocycles.